The molecule has 0 radical (unpaired) electrons. The quantitative estimate of drug-likeness (QED) is 0.368. The number of anilines is 1. The topological polar surface area (TPSA) is 86.8 Å². The van der Waals surface area contributed by atoms with E-state index >= 15 is 0 Å². The number of sulfonamides is 1. The summed E-state index contributed by atoms with van der Waals surface area (Å²) in [6.45, 7) is 4.27. The zero-order valence-electron chi connectivity index (χ0n) is 22.7. The van der Waals surface area contributed by atoms with Crippen molar-refractivity contribution in [2.24, 2.45) is 0 Å². The molecule has 0 aliphatic heterocycles. The Morgan fingerprint density at radius 3 is 2.37 bits per heavy atom. The summed E-state index contributed by atoms with van der Waals surface area (Å²) in [4.78, 5) is 28.5. The molecule has 0 unspecified atom stereocenters. The number of amides is 2. The summed E-state index contributed by atoms with van der Waals surface area (Å²) in [5.41, 5.74) is 2.27. The predicted octanol–water partition coefficient (Wildman–Crippen LogP) is 5.10. The van der Waals surface area contributed by atoms with E-state index in [-0.39, 0.29) is 30.8 Å². The predicted molar refractivity (Wildman–Crippen MR) is 154 cm³/mol. The average molecular weight is 562 g/mol. The molecule has 9 heteroatoms. The number of nitrogens with one attached hydrogen (secondary N) is 1. The maximum Gasteiger partial charge on any atom is 0.243 e. The molecule has 3 rings (SSSR count). The molecule has 0 aromatic heterocycles. The van der Waals surface area contributed by atoms with Gasteiger partial charge in [0.1, 0.15) is 6.04 Å². The second-order valence-corrected chi connectivity index (χ2v) is 12.4. The fourth-order valence-electron chi connectivity index (χ4n) is 5.11. The smallest absolute Gasteiger partial charge is 0.243 e. The molecule has 1 N–H and O–H groups in total. The molecule has 1 saturated carbocycles. The van der Waals surface area contributed by atoms with Gasteiger partial charge in [-0.15, -0.1) is 0 Å². The Hall–Kier alpha value is -2.58. The first-order valence-corrected chi connectivity index (χ1v) is 15.7. The highest BCUT2D eigenvalue weighted by atomic mass is 35.5. The summed E-state index contributed by atoms with van der Waals surface area (Å²) in [6, 6.07) is 14.7. The Labute approximate surface area is 232 Å². The van der Waals surface area contributed by atoms with Gasteiger partial charge in [0.2, 0.25) is 21.8 Å². The summed E-state index contributed by atoms with van der Waals surface area (Å²) in [7, 11) is -3.58. The van der Waals surface area contributed by atoms with E-state index in [1.54, 1.807) is 30.0 Å². The van der Waals surface area contributed by atoms with Crippen LogP contribution in [0.15, 0.2) is 48.5 Å². The van der Waals surface area contributed by atoms with Crippen LogP contribution in [0, 0.1) is 6.92 Å². The van der Waals surface area contributed by atoms with Crippen LogP contribution in [0.2, 0.25) is 5.02 Å². The van der Waals surface area contributed by atoms with Crippen molar-refractivity contribution >= 4 is 39.1 Å². The molecule has 38 heavy (non-hydrogen) atoms. The first-order chi connectivity index (χ1) is 18.1. The molecule has 2 aromatic carbocycles. The van der Waals surface area contributed by atoms with Gasteiger partial charge >= 0.3 is 0 Å². The van der Waals surface area contributed by atoms with Crippen molar-refractivity contribution in [1.82, 2.24) is 10.2 Å². The lowest BCUT2D eigenvalue weighted by Crippen LogP contribution is -2.52. The minimum atomic E-state index is -3.58. The van der Waals surface area contributed by atoms with E-state index in [9.17, 15) is 18.0 Å². The Morgan fingerprint density at radius 2 is 1.74 bits per heavy atom. The van der Waals surface area contributed by atoms with Gasteiger partial charge in [-0.05, 0) is 62.3 Å². The van der Waals surface area contributed by atoms with E-state index in [0.29, 0.717) is 42.1 Å². The molecule has 1 aliphatic carbocycles. The van der Waals surface area contributed by atoms with Crippen molar-refractivity contribution < 1.29 is 18.0 Å². The second kappa shape index (κ2) is 14.0. The summed E-state index contributed by atoms with van der Waals surface area (Å²) in [6.07, 6.45) is 6.93. The van der Waals surface area contributed by atoms with Crippen molar-refractivity contribution in [2.75, 3.05) is 23.7 Å². The van der Waals surface area contributed by atoms with Crippen molar-refractivity contribution in [1.29, 1.82) is 0 Å². The van der Waals surface area contributed by atoms with Gasteiger partial charge < -0.3 is 10.2 Å². The largest absolute Gasteiger partial charge is 0.352 e. The molecule has 1 fully saturated rings. The number of hydrogen-bond donors (Lipinski definition) is 1. The van der Waals surface area contributed by atoms with Crippen LogP contribution < -0.4 is 9.62 Å². The Kier molecular flexibility index (Phi) is 11.0. The zero-order chi connectivity index (χ0) is 27.7. The van der Waals surface area contributed by atoms with E-state index in [0.717, 1.165) is 37.5 Å². The molecule has 0 bridgehead atoms. The standard InChI is InChI=1S/C29H40ClN3O4S/c1-4-26(29(35)31-24-14-8-9-15-24)32(21-19-23-12-6-5-7-13-23)28(34)18-11-20-33(38(3,36)37)27-17-10-16-25(30)22(27)2/h5-7,10,12-13,16-17,24,26H,4,8-9,11,14-15,18-21H2,1-3H3,(H,31,35)/t26-/m1/s1. The van der Waals surface area contributed by atoms with Crippen molar-refractivity contribution in [3.63, 3.8) is 0 Å². The van der Waals surface area contributed by atoms with Crippen LogP contribution in [0.4, 0.5) is 5.69 Å². The number of rotatable bonds is 13. The molecule has 2 aromatic rings. The molecule has 7 nitrogen and oxygen atoms in total. The minimum Gasteiger partial charge on any atom is -0.352 e. The van der Waals surface area contributed by atoms with Crippen LogP contribution in [0.1, 0.15) is 63.0 Å². The van der Waals surface area contributed by atoms with Gasteiger partial charge in [0, 0.05) is 30.6 Å². The first kappa shape index (κ1) is 30.0. The van der Waals surface area contributed by atoms with E-state index in [2.05, 4.69) is 5.32 Å². The van der Waals surface area contributed by atoms with Gasteiger partial charge in [0.25, 0.3) is 0 Å². The zero-order valence-corrected chi connectivity index (χ0v) is 24.2. The van der Waals surface area contributed by atoms with Crippen molar-refractivity contribution in [3.8, 4) is 0 Å². The van der Waals surface area contributed by atoms with Gasteiger partial charge in [-0.3, -0.25) is 13.9 Å². The van der Waals surface area contributed by atoms with Crippen LogP contribution in [0.5, 0.6) is 0 Å². The van der Waals surface area contributed by atoms with Gasteiger partial charge in [-0.25, -0.2) is 8.42 Å². The molecule has 1 atom stereocenters. The molecule has 2 amide bonds. The number of nitrogens with zero attached hydrogens (tertiary/aromatic N) is 2. The van der Waals surface area contributed by atoms with E-state index < -0.39 is 16.1 Å². The third-order valence-electron chi connectivity index (χ3n) is 7.23. The SMILES string of the molecule is CC[C@H](C(=O)NC1CCCC1)N(CCc1ccccc1)C(=O)CCCN(c1cccc(Cl)c1C)S(C)(=O)=O. The Bertz CT molecular complexity index is 1180. The monoisotopic (exact) mass is 561 g/mol. The third kappa shape index (κ3) is 8.21. The molecule has 0 saturated heterocycles. The van der Waals surface area contributed by atoms with Crippen molar-refractivity contribution in [3.05, 3.63) is 64.7 Å². The minimum absolute atomic E-state index is 0.104. The maximum absolute atomic E-state index is 13.6. The first-order valence-electron chi connectivity index (χ1n) is 13.5. The van der Waals surface area contributed by atoms with Crippen LogP contribution >= 0.6 is 11.6 Å². The lowest BCUT2D eigenvalue weighted by molar-refractivity contribution is -0.141. The van der Waals surface area contributed by atoms with Crippen LogP contribution in [-0.4, -0.2) is 56.6 Å². The van der Waals surface area contributed by atoms with Gasteiger partial charge in [0.05, 0.1) is 11.9 Å². The molecular weight excluding hydrogens is 522 g/mol. The number of hydrogen-bond acceptors (Lipinski definition) is 4. The van der Waals surface area contributed by atoms with Crippen LogP contribution in [0.3, 0.4) is 0 Å². The fraction of sp³-hybridized carbons (Fsp3) is 0.517. The van der Waals surface area contributed by atoms with E-state index in [1.807, 2.05) is 37.3 Å². The second-order valence-electron chi connectivity index (χ2n) is 10.1. The fourth-order valence-corrected chi connectivity index (χ4v) is 6.30. The highest BCUT2D eigenvalue weighted by molar-refractivity contribution is 7.92. The molecule has 208 valence electrons. The Morgan fingerprint density at radius 1 is 1.05 bits per heavy atom. The third-order valence-corrected chi connectivity index (χ3v) is 8.82. The number of carbonyl (C=O) groups excluding carboxylic acids is 2. The average Bonchev–Trinajstić information content (AvgIpc) is 3.39. The van der Waals surface area contributed by atoms with Crippen LogP contribution in [-0.2, 0) is 26.0 Å². The molecule has 0 spiro atoms. The normalized spacial score (nSPS) is 14.7. The number of halogens is 1. The van der Waals surface area contributed by atoms with E-state index in [1.165, 1.54) is 4.31 Å². The summed E-state index contributed by atoms with van der Waals surface area (Å²) in [5.74, 6) is -0.251. The highest BCUT2D eigenvalue weighted by Crippen LogP contribution is 2.28. The summed E-state index contributed by atoms with van der Waals surface area (Å²) in [5, 5.41) is 3.64. The van der Waals surface area contributed by atoms with Gasteiger partial charge in [-0.1, -0.05) is 67.8 Å². The maximum atomic E-state index is 13.6. The van der Waals surface area contributed by atoms with Gasteiger partial charge in [-0.2, -0.15) is 0 Å². The highest BCUT2D eigenvalue weighted by Gasteiger charge is 2.30. The molecule has 1 aliphatic rings. The van der Waals surface area contributed by atoms with E-state index in [4.69, 9.17) is 11.6 Å². The molecular formula is C29H40ClN3O4S. The molecule has 0 heterocycles. The van der Waals surface area contributed by atoms with Crippen LogP contribution in [0.25, 0.3) is 0 Å². The van der Waals surface area contributed by atoms with Crippen molar-refractivity contribution in [2.45, 2.75) is 77.3 Å². The number of benzene rings is 2. The summed E-state index contributed by atoms with van der Waals surface area (Å²) < 4.78 is 26.5. The van der Waals surface area contributed by atoms with Gasteiger partial charge in [0.15, 0.2) is 0 Å². The summed E-state index contributed by atoms with van der Waals surface area (Å²) >= 11 is 6.24. The number of carbonyl (C=O) groups is 2. The lowest BCUT2D eigenvalue weighted by Gasteiger charge is -2.32. The lowest BCUT2D eigenvalue weighted by atomic mass is 10.1. The Balaban J connectivity index is 1.73.